The summed E-state index contributed by atoms with van der Waals surface area (Å²) in [6.45, 7) is 9.49. The van der Waals surface area contributed by atoms with E-state index in [1.807, 2.05) is 12.4 Å². The zero-order chi connectivity index (χ0) is 12.0. The molecule has 2 nitrogen and oxygen atoms in total. The Morgan fingerprint density at radius 1 is 1.12 bits per heavy atom. The van der Waals surface area contributed by atoms with Crippen LogP contribution in [-0.4, -0.2) is 23.3 Å². The summed E-state index contributed by atoms with van der Waals surface area (Å²) in [5.74, 6) is 0. The van der Waals surface area contributed by atoms with E-state index in [-0.39, 0.29) is 0 Å². The molecule has 0 unspecified atom stereocenters. The van der Waals surface area contributed by atoms with Gasteiger partial charge >= 0.3 is 0 Å². The van der Waals surface area contributed by atoms with Crippen LogP contribution < -0.4 is 0 Å². The molecule has 0 aromatic heterocycles. The summed E-state index contributed by atoms with van der Waals surface area (Å²) in [4.78, 5) is 6.70. The van der Waals surface area contributed by atoms with E-state index in [0.29, 0.717) is 12.1 Å². The topological polar surface area (TPSA) is 15.6 Å². The fourth-order valence-electron chi connectivity index (χ4n) is 1.37. The summed E-state index contributed by atoms with van der Waals surface area (Å²) in [6.07, 6.45) is 1.97. The first-order valence-electron chi connectivity index (χ1n) is 5.92. The van der Waals surface area contributed by atoms with Gasteiger partial charge in [-0.25, -0.2) is 0 Å². The van der Waals surface area contributed by atoms with Crippen molar-refractivity contribution in [3.8, 4) is 0 Å². The van der Waals surface area contributed by atoms with Gasteiger partial charge in [-0.1, -0.05) is 30.3 Å². The molecule has 0 aliphatic heterocycles. The van der Waals surface area contributed by atoms with Crippen LogP contribution in [0.2, 0.25) is 0 Å². The highest BCUT2D eigenvalue weighted by atomic mass is 15.2. The van der Waals surface area contributed by atoms with E-state index in [2.05, 4.69) is 61.9 Å². The maximum atomic E-state index is 4.44. The van der Waals surface area contributed by atoms with Crippen molar-refractivity contribution < 1.29 is 0 Å². The maximum Gasteiger partial charge on any atom is 0.0858 e. The van der Waals surface area contributed by atoms with Crippen LogP contribution in [0.4, 0.5) is 0 Å². The van der Waals surface area contributed by atoms with Gasteiger partial charge in [0.05, 0.1) is 6.34 Å². The standard InChI is InChI=1S/C14H22N2/c1-12(2)15-11-16(13(3)4)10-14-8-6-5-7-9-14/h5-9,11-13H,10H2,1-4H3. The first-order valence-corrected chi connectivity index (χ1v) is 5.92. The molecule has 1 rings (SSSR count). The van der Waals surface area contributed by atoms with Gasteiger partial charge in [-0.2, -0.15) is 0 Å². The second-order valence-electron chi connectivity index (χ2n) is 4.61. The summed E-state index contributed by atoms with van der Waals surface area (Å²) >= 11 is 0. The van der Waals surface area contributed by atoms with Crippen LogP contribution in [-0.2, 0) is 6.54 Å². The van der Waals surface area contributed by atoms with Crippen LogP contribution >= 0.6 is 0 Å². The molecule has 2 heteroatoms. The largest absolute Gasteiger partial charge is 0.356 e. The van der Waals surface area contributed by atoms with Crippen LogP contribution in [0.1, 0.15) is 33.3 Å². The summed E-state index contributed by atoms with van der Waals surface area (Å²) in [7, 11) is 0. The van der Waals surface area contributed by atoms with Crippen LogP contribution in [0.5, 0.6) is 0 Å². The third kappa shape index (κ3) is 4.47. The normalized spacial score (nSPS) is 11.6. The van der Waals surface area contributed by atoms with E-state index in [9.17, 15) is 0 Å². The van der Waals surface area contributed by atoms with E-state index in [0.717, 1.165) is 6.54 Å². The van der Waals surface area contributed by atoms with Crippen LogP contribution in [0.25, 0.3) is 0 Å². The Hall–Kier alpha value is -1.31. The van der Waals surface area contributed by atoms with Gasteiger partial charge in [-0.15, -0.1) is 0 Å². The summed E-state index contributed by atoms with van der Waals surface area (Å²) in [6, 6.07) is 11.3. The number of rotatable bonds is 5. The molecule has 0 spiro atoms. The summed E-state index contributed by atoms with van der Waals surface area (Å²) < 4.78 is 0. The number of benzene rings is 1. The predicted molar refractivity (Wildman–Crippen MR) is 70.7 cm³/mol. The Morgan fingerprint density at radius 3 is 2.25 bits per heavy atom. The van der Waals surface area contributed by atoms with Crippen molar-refractivity contribution in [2.24, 2.45) is 4.99 Å². The van der Waals surface area contributed by atoms with Gasteiger partial charge in [-0.3, -0.25) is 4.99 Å². The number of nitrogens with zero attached hydrogens (tertiary/aromatic N) is 2. The Bertz CT molecular complexity index is 315. The summed E-state index contributed by atoms with van der Waals surface area (Å²) in [5, 5.41) is 0. The fourth-order valence-corrected chi connectivity index (χ4v) is 1.37. The monoisotopic (exact) mass is 218 g/mol. The van der Waals surface area contributed by atoms with Crippen LogP contribution in [0.3, 0.4) is 0 Å². The Balaban J connectivity index is 2.65. The van der Waals surface area contributed by atoms with Gasteiger partial charge in [0.25, 0.3) is 0 Å². The minimum Gasteiger partial charge on any atom is -0.356 e. The molecule has 0 fully saturated rings. The molecular formula is C14H22N2. The van der Waals surface area contributed by atoms with Gasteiger partial charge in [0.15, 0.2) is 0 Å². The highest BCUT2D eigenvalue weighted by molar-refractivity contribution is 5.55. The minimum atomic E-state index is 0.358. The van der Waals surface area contributed by atoms with Crippen molar-refractivity contribution in [1.82, 2.24) is 4.90 Å². The molecule has 0 amide bonds. The third-order valence-electron chi connectivity index (χ3n) is 2.38. The molecule has 1 aromatic carbocycles. The van der Waals surface area contributed by atoms with Gasteiger partial charge in [0.1, 0.15) is 0 Å². The van der Waals surface area contributed by atoms with Gasteiger partial charge in [0, 0.05) is 18.6 Å². The van der Waals surface area contributed by atoms with Crippen LogP contribution in [0.15, 0.2) is 35.3 Å². The summed E-state index contributed by atoms with van der Waals surface area (Å²) in [5.41, 5.74) is 1.33. The van der Waals surface area contributed by atoms with Crippen molar-refractivity contribution in [2.75, 3.05) is 0 Å². The highest BCUT2D eigenvalue weighted by Crippen LogP contribution is 2.06. The molecule has 0 heterocycles. The molecule has 0 atom stereocenters. The Labute approximate surface area is 99.0 Å². The second-order valence-corrected chi connectivity index (χ2v) is 4.61. The molecule has 0 aliphatic carbocycles. The molecular weight excluding hydrogens is 196 g/mol. The van der Waals surface area contributed by atoms with E-state index >= 15 is 0 Å². The Morgan fingerprint density at radius 2 is 1.75 bits per heavy atom. The lowest BCUT2D eigenvalue weighted by Crippen LogP contribution is -2.29. The second kappa shape index (κ2) is 6.31. The van der Waals surface area contributed by atoms with Crippen molar-refractivity contribution in [3.63, 3.8) is 0 Å². The lowest BCUT2D eigenvalue weighted by Gasteiger charge is -2.24. The zero-order valence-corrected chi connectivity index (χ0v) is 10.7. The highest BCUT2D eigenvalue weighted by Gasteiger charge is 2.05. The average molecular weight is 218 g/mol. The zero-order valence-electron chi connectivity index (χ0n) is 10.7. The van der Waals surface area contributed by atoms with Gasteiger partial charge < -0.3 is 4.90 Å². The molecule has 16 heavy (non-hydrogen) atoms. The molecule has 0 aliphatic rings. The van der Waals surface area contributed by atoms with Crippen molar-refractivity contribution >= 4 is 6.34 Å². The smallest absolute Gasteiger partial charge is 0.0858 e. The molecule has 0 N–H and O–H groups in total. The third-order valence-corrected chi connectivity index (χ3v) is 2.38. The fraction of sp³-hybridized carbons (Fsp3) is 0.500. The number of hydrogen-bond acceptors (Lipinski definition) is 1. The van der Waals surface area contributed by atoms with Crippen molar-refractivity contribution in [3.05, 3.63) is 35.9 Å². The molecule has 0 saturated carbocycles. The number of hydrogen-bond donors (Lipinski definition) is 0. The number of aliphatic imine (C=N–C) groups is 1. The quantitative estimate of drug-likeness (QED) is 0.546. The molecule has 0 saturated heterocycles. The average Bonchev–Trinajstić information content (AvgIpc) is 2.25. The maximum absolute atomic E-state index is 4.44. The minimum absolute atomic E-state index is 0.358. The van der Waals surface area contributed by atoms with Crippen molar-refractivity contribution in [2.45, 2.75) is 46.3 Å². The molecule has 0 bridgehead atoms. The van der Waals surface area contributed by atoms with E-state index in [4.69, 9.17) is 0 Å². The van der Waals surface area contributed by atoms with E-state index in [1.165, 1.54) is 5.56 Å². The van der Waals surface area contributed by atoms with E-state index < -0.39 is 0 Å². The lowest BCUT2D eigenvalue weighted by atomic mass is 10.2. The van der Waals surface area contributed by atoms with Gasteiger partial charge in [-0.05, 0) is 33.3 Å². The van der Waals surface area contributed by atoms with Gasteiger partial charge in [0.2, 0.25) is 0 Å². The molecule has 1 aromatic rings. The SMILES string of the molecule is CC(C)N=CN(Cc1ccccc1)C(C)C. The molecule has 0 radical (unpaired) electrons. The van der Waals surface area contributed by atoms with Crippen molar-refractivity contribution in [1.29, 1.82) is 0 Å². The predicted octanol–water partition coefficient (Wildman–Crippen LogP) is 3.33. The molecule has 88 valence electrons. The van der Waals surface area contributed by atoms with E-state index in [1.54, 1.807) is 0 Å². The lowest BCUT2D eigenvalue weighted by molar-refractivity contribution is 0.351. The first-order chi connectivity index (χ1) is 7.59. The first kappa shape index (κ1) is 12.8. The van der Waals surface area contributed by atoms with Crippen LogP contribution in [0, 0.1) is 0 Å². The Kier molecular flexibility index (Phi) is 5.03.